The zero-order valence-corrected chi connectivity index (χ0v) is 18.4. The van der Waals surface area contributed by atoms with Gasteiger partial charge in [-0.15, -0.1) is 0 Å². The van der Waals surface area contributed by atoms with Crippen molar-refractivity contribution < 1.29 is 27.1 Å². The highest BCUT2D eigenvalue weighted by Crippen LogP contribution is 2.34. The number of nitrogens with one attached hydrogen (secondary N) is 1. The molecule has 0 unspecified atom stereocenters. The molecule has 4 rings (SSSR count). The van der Waals surface area contributed by atoms with Crippen molar-refractivity contribution in [3.05, 3.63) is 95.6 Å². The molecule has 0 radical (unpaired) electrons. The molecule has 33 heavy (non-hydrogen) atoms. The molecule has 172 valence electrons. The Morgan fingerprint density at radius 3 is 2.27 bits per heavy atom. The summed E-state index contributed by atoms with van der Waals surface area (Å²) in [6, 6.07) is 17.6. The number of anilines is 1. The molecule has 0 aromatic heterocycles. The molecule has 6 nitrogen and oxygen atoms in total. The van der Waals surface area contributed by atoms with Gasteiger partial charge in [-0.05, 0) is 48.7 Å². The van der Waals surface area contributed by atoms with E-state index >= 15 is 0 Å². The number of piperidine rings is 1. The van der Waals surface area contributed by atoms with Gasteiger partial charge < -0.3 is 10.4 Å². The quantitative estimate of drug-likeness (QED) is 0.590. The molecular formula is C24H22F2N2O4S. The summed E-state index contributed by atoms with van der Waals surface area (Å²) in [4.78, 5) is 12.5. The molecule has 0 aliphatic carbocycles. The lowest BCUT2D eigenvalue weighted by Gasteiger charge is -2.37. The predicted molar refractivity (Wildman–Crippen MR) is 119 cm³/mol. The summed E-state index contributed by atoms with van der Waals surface area (Å²) in [7, 11) is -3.90. The molecular weight excluding hydrogens is 450 g/mol. The molecule has 2 N–H and O–H groups in total. The van der Waals surface area contributed by atoms with Crippen molar-refractivity contribution in [1.82, 2.24) is 4.31 Å². The van der Waals surface area contributed by atoms with Crippen LogP contribution in [0.5, 0.6) is 0 Å². The number of hydrogen-bond donors (Lipinski definition) is 2. The second-order valence-electron chi connectivity index (χ2n) is 7.91. The van der Waals surface area contributed by atoms with E-state index in [9.17, 15) is 27.1 Å². The minimum Gasteiger partial charge on any atom is -0.385 e. The van der Waals surface area contributed by atoms with E-state index in [4.69, 9.17) is 0 Å². The molecule has 3 aromatic carbocycles. The first-order valence-corrected chi connectivity index (χ1v) is 11.8. The fourth-order valence-electron chi connectivity index (χ4n) is 3.86. The maximum absolute atomic E-state index is 13.4. The maximum atomic E-state index is 13.4. The zero-order valence-electron chi connectivity index (χ0n) is 17.5. The summed E-state index contributed by atoms with van der Waals surface area (Å²) in [5.74, 6) is -2.80. The second kappa shape index (κ2) is 9.01. The van der Waals surface area contributed by atoms with Gasteiger partial charge in [0.25, 0.3) is 5.91 Å². The molecule has 1 heterocycles. The van der Waals surface area contributed by atoms with E-state index in [1.807, 2.05) is 30.3 Å². The van der Waals surface area contributed by atoms with Gasteiger partial charge in [0.05, 0.1) is 10.5 Å². The van der Waals surface area contributed by atoms with Crippen molar-refractivity contribution in [3.63, 3.8) is 0 Å². The van der Waals surface area contributed by atoms with Crippen LogP contribution in [-0.2, 0) is 15.6 Å². The van der Waals surface area contributed by atoms with Crippen molar-refractivity contribution in [3.8, 4) is 0 Å². The molecule has 1 fully saturated rings. The van der Waals surface area contributed by atoms with Crippen molar-refractivity contribution in [1.29, 1.82) is 0 Å². The van der Waals surface area contributed by atoms with E-state index in [1.165, 1.54) is 34.6 Å². The summed E-state index contributed by atoms with van der Waals surface area (Å²) in [5.41, 5.74) is -0.251. The molecule has 0 saturated carbocycles. The highest BCUT2D eigenvalue weighted by Gasteiger charge is 2.38. The Morgan fingerprint density at radius 2 is 1.61 bits per heavy atom. The Hall–Kier alpha value is -3.14. The Morgan fingerprint density at radius 1 is 0.909 bits per heavy atom. The van der Waals surface area contributed by atoms with Crippen molar-refractivity contribution >= 4 is 21.6 Å². The highest BCUT2D eigenvalue weighted by atomic mass is 32.2. The van der Waals surface area contributed by atoms with Crippen LogP contribution in [0.2, 0.25) is 0 Å². The monoisotopic (exact) mass is 472 g/mol. The van der Waals surface area contributed by atoms with Gasteiger partial charge in [-0.25, -0.2) is 17.2 Å². The fraction of sp³-hybridized carbons (Fsp3) is 0.208. The molecule has 1 aliphatic rings. The number of amides is 1. The van der Waals surface area contributed by atoms with Gasteiger partial charge in [0.15, 0.2) is 11.6 Å². The van der Waals surface area contributed by atoms with Crippen LogP contribution in [0.1, 0.15) is 28.8 Å². The number of carbonyl (C=O) groups is 1. The van der Waals surface area contributed by atoms with Gasteiger partial charge >= 0.3 is 0 Å². The lowest BCUT2D eigenvalue weighted by atomic mass is 9.85. The molecule has 1 saturated heterocycles. The summed E-state index contributed by atoms with van der Waals surface area (Å²) in [6.07, 6.45) is 0.485. The van der Waals surface area contributed by atoms with Crippen LogP contribution >= 0.6 is 0 Å². The average molecular weight is 473 g/mol. The molecule has 1 aliphatic heterocycles. The number of rotatable bonds is 5. The maximum Gasteiger partial charge on any atom is 0.255 e. The second-order valence-corrected chi connectivity index (χ2v) is 9.85. The van der Waals surface area contributed by atoms with Gasteiger partial charge in [0, 0.05) is 30.4 Å². The van der Waals surface area contributed by atoms with E-state index in [-0.39, 0.29) is 42.1 Å². The largest absolute Gasteiger partial charge is 0.385 e. The summed E-state index contributed by atoms with van der Waals surface area (Å²) < 4.78 is 54.1. The Labute approximate surface area is 190 Å². The molecule has 0 bridgehead atoms. The van der Waals surface area contributed by atoms with Crippen molar-refractivity contribution in [2.75, 3.05) is 18.4 Å². The molecule has 0 atom stereocenters. The van der Waals surface area contributed by atoms with Crippen LogP contribution in [0, 0.1) is 11.6 Å². The van der Waals surface area contributed by atoms with Gasteiger partial charge in [0.2, 0.25) is 10.0 Å². The van der Waals surface area contributed by atoms with E-state index in [0.717, 1.165) is 17.7 Å². The zero-order chi connectivity index (χ0) is 23.6. The van der Waals surface area contributed by atoms with Gasteiger partial charge in [0.1, 0.15) is 0 Å². The molecule has 9 heteroatoms. The minimum atomic E-state index is -3.90. The van der Waals surface area contributed by atoms with Crippen LogP contribution in [0.4, 0.5) is 14.5 Å². The van der Waals surface area contributed by atoms with Crippen LogP contribution in [0.15, 0.2) is 77.7 Å². The summed E-state index contributed by atoms with van der Waals surface area (Å²) in [5, 5.41) is 13.4. The van der Waals surface area contributed by atoms with Crippen LogP contribution in [-0.4, -0.2) is 36.8 Å². The van der Waals surface area contributed by atoms with Crippen LogP contribution in [0.25, 0.3) is 0 Å². The number of sulfonamides is 1. The number of benzene rings is 3. The third-order valence-corrected chi connectivity index (χ3v) is 7.67. The van der Waals surface area contributed by atoms with E-state index in [1.54, 1.807) is 0 Å². The predicted octanol–water partition coefficient (Wildman–Crippen LogP) is 3.89. The Kier molecular flexibility index (Phi) is 6.29. The number of halogens is 2. The topological polar surface area (TPSA) is 86.7 Å². The van der Waals surface area contributed by atoms with E-state index in [0.29, 0.717) is 0 Å². The van der Waals surface area contributed by atoms with Crippen molar-refractivity contribution in [2.45, 2.75) is 23.3 Å². The minimum absolute atomic E-state index is 0.0448. The Bertz CT molecular complexity index is 1270. The lowest BCUT2D eigenvalue weighted by molar-refractivity contribution is -0.00961. The first-order chi connectivity index (χ1) is 15.7. The summed E-state index contributed by atoms with van der Waals surface area (Å²) in [6.45, 7) is 0.248. The number of hydrogen-bond acceptors (Lipinski definition) is 4. The number of carbonyl (C=O) groups excluding carboxylic acids is 1. The molecule has 3 aromatic rings. The first kappa shape index (κ1) is 23.0. The third kappa shape index (κ3) is 4.80. The molecule has 0 spiro atoms. The first-order valence-electron chi connectivity index (χ1n) is 10.3. The van der Waals surface area contributed by atoms with Gasteiger partial charge in [-0.2, -0.15) is 4.31 Å². The Balaban J connectivity index is 1.49. The lowest BCUT2D eigenvalue weighted by Crippen LogP contribution is -2.45. The average Bonchev–Trinajstić information content (AvgIpc) is 2.82. The number of aliphatic hydroxyl groups is 1. The van der Waals surface area contributed by atoms with Crippen molar-refractivity contribution in [2.24, 2.45) is 0 Å². The fourth-order valence-corrected chi connectivity index (χ4v) is 5.35. The van der Waals surface area contributed by atoms with E-state index in [2.05, 4.69) is 5.32 Å². The van der Waals surface area contributed by atoms with Gasteiger partial charge in [-0.1, -0.05) is 36.4 Å². The normalized spacial score (nSPS) is 16.3. The standard InChI is InChI=1S/C24H22F2N2O4S/c25-21-10-9-19(16-22(21)26)27-23(29)17-5-4-8-20(15-17)33(31,32)28-13-11-24(30,12-14-28)18-6-2-1-3-7-18/h1-10,15-16,30H,11-14H2,(H,27,29). The van der Waals surface area contributed by atoms with Crippen LogP contribution in [0.3, 0.4) is 0 Å². The van der Waals surface area contributed by atoms with Gasteiger partial charge in [-0.3, -0.25) is 4.79 Å². The molecule has 1 amide bonds. The third-order valence-electron chi connectivity index (χ3n) is 5.77. The SMILES string of the molecule is O=C(Nc1ccc(F)c(F)c1)c1cccc(S(=O)(=O)N2CCC(O)(c3ccccc3)CC2)c1. The summed E-state index contributed by atoms with van der Waals surface area (Å²) >= 11 is 0. The number of nitrogens with zero attached hydrogens (tertiary/aromatic N) is 1. The van der Waals surface area contributed by atoms with E-state index < -0.39 is 33.2 Å². The van der Waals surface area contributed by atoms with Crippen LogP contribution < -0.4 is 5.32 Å². The smallest absolute Gasteiger partial charge is 0.255 e. The highest BCUT2D eigenvalue weighted by molar-refractivity contribution is 7.89.